The fourth-order valence-corrected chi connectivity index (χ4v) is 2.78. The highest BCUT2D eigenvalue weighted by molar-refractivity contribution is 5.95. The van der Waals surface area contributed by atoms with Gasteiger partial charge >= 0.3 is 0 Å². The van der Waals surface area contributed by atoms with Crippen molar-refractivity contribution < 1.29 is 14.3 Å². The molecule has 0 atom stereocenters. The number of aromatic nitrogens is 2. The van der Waals surface area contributed by atoms with Crippen LogP contribution in [-0.2, 0) is 13.1 Å². The molecule has 2 N–H and O–H groups in total. The van der Waals surface area contributed by atoms with Gasteiger partial charge in [0.2, 0.25) is 11.7 Å². The minimum atomic E-state index is -0.661. The topological polar surface area (TPSA) is 87.5 Å². The highest BCUT2D eigenvalue weighted by atomic mass is 19.1. The molecule has 0 spiro atoms. The van der Waals surface area contributed by atoms with Crippen molar-refractivity contribution in [2.75, 3.05) is 11.4 Å². The first kappa shape index (κ1) is 16.9. The number of benzene rings is 1. The van der Waals surface area contributed by atoms with Crippen molar-refractivity contribution in [1.29, 1.82) is 0 Å². The quantitative estimate of drug-likeness (QED) is 0.870. The summed E-state index contributed by atoms with van der Waals surface area (Å²) in [6.07, 6.45) is 0. The molecule has 0 unspecified atom stereocenters. The Balaban J connectivity index is 1.85. The van der Waals surface area contributed by atoms with E-state index in [-0.39, 0.29) is 24.1 Å². The van der Waals surface area contributed by atoms with Gasteiger partial charge in [0, 0.05) is 25.7 Å². The second kappa shape index (κ2) is 6.54. The van der Waals surface area contributed by atoms with Gasteiger partial charge in [-0.25, -0.2) is 9.37 Å². The summed E-state index contributed by atoms with van der Waals surface area (Å²) in [6.45, 7) is 5.07. The van der Waals surface area contributed by atoms with Gasteiger partial charge in [0.25, 0.3) is 11.5 Å². The number of aromatic hydroxyl groups is 1. The first-order chi connectivity index (χ1) is 11.9. The van der Waals surface area contributed by atoms with Crippen LogP contribution in [0.1, 0.15) is 29.9 Å². The maximum Gasteiger partial charge on any atom is 0.298 e. The van der Waals surface area contributed by atoms with Gasteiger partial charge in [-0.15, -0.1) is 0 Å². The Bertz CT molecular complexity index is 861. The fourth-order valence-electron chi connectivity index (χ4n) is 2.78. The minimum absolute atomic E-state index is 0.111. The van der Waals surface area contributed by atoms with E-state index in [0.717, 1.165) is 0 Å². The molecule has 1 amide bonds. The van der Waals surface area contributed by atoms with Crippen LogP contribution in [0.4, 0.5) is 10.3 Å². The largest absolute Gasteiger partial charge is 0.501 e. The Hall–Kier alpha value is -2.90. The minimum Gasteiger partial charge on any atom is -0.501 e. The lowest BCUT2D eigenvalue weighted by Crippen LogP contribution is -2.32. The predicted molar refractivity (Wildman–Crippen MR) is 90.2 cm³/mol. The van der Waals surface area contributed by atoms with E-state index in [1.165, 1.54) is 16.7 Å². The monoisotopic (exact) mass is 346 g/mol. The van der Waals surface area contributed by atoms with E-state index in [1.54, 1.807) is 12.1 Å². The lowest BCUT2D eigenvalue weighted by atomic mass is 10.2. The van der Waals surface area contributed by atoms with Crippen LogP contribution >= 0.6 is 0 Å². The predicted octanol–water partition coefficient (Wildman–Crippen LogP) is 1.25. The molecule has 25 heavy (non-hydrogen) atoms. The van der Waals surface area contributed by atoms with Crippen LogP contribution in [0.15, 0.2) is 29.1 Å². The molecule has 1 aromatic heterocycles. The van der Waals surface area contributed by atoms with Gasteiger partial charge in [-0.05, 0) is 31.5 Å². The molecule has 0 radical (unpaired) electrons. The average molecular weight is 346 g/mol. The summed E-state index contributed by atoms with van der Waals surface area (Å²) in [5.41, 5.74) is -0.234. The van der Waals surface area contributed by atoms with Crippen LogP contribution in [0.5, 0.6) is 5.75 Å². The number of nitrogens with zero attached hydrogens (tertiary/aromatic N) is 3. The molecule has 0 saturated carbocycles. The van der Waals surface area contributed by atoms with E-state index < -0.39 is 17.2 Å². The van der Waals surface area contributed by atoms with Crippen LogP contribution in [0.25, 0.3) is 0 Å². The van der Waals surface area contributed by atoms with Crippen molar-refractivity contribution in [3.63, 3.8) is 0 Å². The van der Waals surface area contributed by atoms with Crippen molar-refractivity contribution in [2.24, 2.45) is 0 Å². The molecule has 1 aliphatic heterocycles. The SMILES string of the molecule is CC(C)N1CCn2c1nc(C(=O)NCc1ccc(F)cc1)c(O)c2=O. The van der Waals surface area contributed by atoms with E-state index in [2.05, 4.69) is 10.3 Å². The summed E-state index contributed by atoms with van der Waals surface area (Å²) in [4.78, 5) is 30.8. The summed E-state index contributed by atoms with van der Waals surface area (Å²) in [5, 5.41) is 12.7. The van der Waals surface area contributed by atoms with Gasteiger partial charge in [0.05, 0.1) is 0 Å². The Kier molecular flexibility index (Phi) is 4.43. The van der Waals surface area contributed by atoms with Gasteiger partial charge in [-0.1, -0.05) is 12.1 Å². The van der Waals surface area contributed by atoms with Gasteiger partial charge in [0.15, 0.2) is 5.69 Å². The Labute approximate surface area is 143 Å². The van der Waals surface area contributed by atoms with E-state index >= 15 is 0 Å². The average Bonchev–Trinajstić information content (AvgIpc) is 3.01. The number of carbonyl (C=O) groups is 1. The van der Waals surface area contributed by atoms with Crippen LogP contribution in [0, 0.1) is 5.82 Å². The summed E-state index contributed by atoms with van der Waals surface area (Å²) in [5.74, 6) is -1.30. The number of amides is 1. The van der Waals surface area contributed by atoms with E-state index in [1.807, 2.05) is 18.7 Å². The molecule has 8 heteroatoms. The molecule has 0 aliphatic carbocycles. The molecule has 0 fully saturated rings. The lowest BCUT2D eigenvalue weighted by molar-refractivity contribution is 0.0942. The molecule has 2 heterocycles. The molecule has 0 bridgehead atoms. The number of hydrogen-bond donors (Lipinski definition) is 2. The number of carbonyl (C=O) groups excluding carboxylic acids is 1. The molecule has 1 aromatic carbocycles. The number of rotatable bonds is 4. The van der Waals surface area contributed by atoms with Gasteiger partial charge in [-0.2, -0.15) is 0 Å². The van der Waals surface area contributed by atoms with E-state index in [9.17, 15) is 19.1 Å². The molecule has 0 saturated heterocycles. The Morgan fingerprint density at radius 3 is 2.64 bits per heavy atom. The normalized spacial score (nSPS) is 13.2. The number of fused-ring (bicyclic) bond motifs is 1. The molecule has 7 nitrogen and oxygen atoms in total. The fraction of sp³-hybridized carbons (Fsp3) is 0.353. The number of hydrogen-bond acceptors (Lipinski definition) is 5. The number of anilines is 1. The number of halogens is 1. The van der Waals surface area contributed by atoms with Crippen LogP contribution in [0.2, 0.25) is 0 Å². The summed E-state index contributed by atoms with van der Waals surface area (Å²) >= 11 is 0. The third kappa shape index (κ3) is 3.19. The van der Waals surface area contributed by atoms with E-state index in [0.29, 0.717) is 24.6 Å². The zero-order valence-corrected chi connectivity index (χ0v) is 14.0. The molecule has 132 valence electrons. The Morgan fingerprint density at radius 2 is 2.00 bits per heavy atom. The maximum atomic E-state index is 12.9. The van der Waals surface area contributed by atoms with Crippen molar-refractivity contribution in [1.82, 2.24) is 14.9 Å². The second-order valence-corrected chi connectivity index (χ2v) is 6.16. The summed E-state index contributed by atoms with van der Waals surface area (Å²) in [6, 6.07) is 5.78. The third-order valence-corrected chi connectivity index (χ3v) is 4.15. The highest BCUT2D eigenvalue weighted by Gasteiger charge is 2.29. The highest BCUT2D eigenvalue weighted by Crippen LogP contribution is 2.22. The van der Waals surface area contributed by atoms with Gasteiger partial charge in [-0.3, -0.25) is 14.2 Å². The molecule has 2 aromatic rings. The standard InChI is InChI=1S/C17H19FN4O3/c1-10(2)21-7-8-22-16(25)14(23)13(20-17(21)22)15(24)19-9-11-3-5-12(18)6-4-11/h3-6,10,23H,7-9H2,1-2H3,(H,19,24). The first-order valence-electron chi connectivity index (χ1n) is 8.01. The van der Waals surface area contributed by atoms with Crippen LogP contribution in [0.3, 0.4) is 0 Å². The van der Waals surface area contributed by atoms with Gasteiger partial charge < -0.3 is 15.3 Å². The maximum absolute atomic E-state index is 12.9. The van der Waals surface area contributed by atoms with Crippen LogP contribution < -0.4 is 15.8 Å². The zero-order chi connectivity index (χ0) is 18.1. The Morgan fingerprint density at radius 1 is 1.32 bits per heavy atom. The lowest BCUT2D eigenvalue weighted by Gasteiger charge is -2.21. The zero-order valence-electron chi connectivity index (χ0n) is 14.0. The number of nitrogens with one attached hydrogen (secondary N) is 1. The first-order valence-corrected chi connectivity index (χ1v) is 8.01. The summed E-state index contributed by atoms with van der Waals surface area (Å²) < 4.78 is 14.3. The molecular formula is C17H19FN4O3. The second-order valence-electron chi connectivity index (χ2n) is 6.16. The van der Waals surface area contributed by atoms with Gasteiger partial charge in [0.1, 0.15) is 5.82 Å². The van der Waals surface area contributed by atoms with E-state index in [4.69, 9.17) is 0 Å². The molecule has 3 rings (SSSR count). The van der Waals surface area contributed by atoms with Crippen molar-refractivity contribution in [3.8, 4) is 5.75 Å². The molecular weight excluding hydrogens is 327 g/mol. The smallest absolute Gasteiger partial charge is 0.298 e. The van der Waals surface area contributed by atoms with Crippen molar-refractivity contribution in [3.05, 3.63) is 51.7 Å². The molecule has 1 aliphatic rings. The van der Waals surface area contributed by atoms with Crippen molar-refractivity contribution >= 4 is 11.9 Å². The van der Waals surface area contributed by atoms with Crippen LogP contribution in [-0.4, -0.2) is 33.2 Å². The van der Waals surface area contributed by atoms with Crippen molar-refractivity contribution in [2.45, 2.75) is 33.0 Å². The summed E-state index contributed by atoms with van der Waals surface area (Å²) in [7, 11) is 0. The third-order valence-electron chi connectivity index (χ3n) is 4.15.